The lowest BCUT2D eigenvalue weighted by Crippen LogP contribution is -2.73. The van der Waals surface area contributed by atoms with Gasteiger partial charge in [-0.15, -0.1) is 0 Å². The third-order valence-electron chi connectivity index (χ3n) is 19.7. The highest BCUT2D eigenvalue weighted by Crippen LogP contribution is 2.50. The Morgan fingerprint density at radius 3 is 1.25 bits per heavy atom. The largest absolute Gasteiger partial charge is 0.454 e. The van der Waals surface area contributed by atoms with Crippen LogP contribution in [0.3, 0.4) is 0 Å². The Morgan fingerprint density at radius 1 is 0.306 bits per heavy atom. The second kappa shape index (κ2) is 20.4. The Labute approximate surface area is 497 Å². The number of rotatable bonds is 10. The van der Waals surface area contributed by atoms with E-state index in [4.69, 9.17) is 8.83 Å². The summed E-state index contributed by atoms with van der Waals surface area (Å²) in [7, 11) is -3.22. The average Bonchev–Trinajstić information content (AvgIpc) is 1.58. The molecule has 2 saturated carbocycles. The molecule has 2 fully saturated rings. The highest BCUT2D eigenvalue weighted by molar-refractivity contribution is 7.23. The molecule has 3 heterocycles. The molecule has 0 N–H and O–H groups in total. The molecule has 3 aliphatic rings. The van der Waals surface area contributed by atoms with E-state index in [1.165, 1.54) is 140 Å². The lowest BCUT2D eigenvalue weighted by atomic mass is 9.83. The molecule has 0 bridgehead atoms. The van der Waals surface area contributed by atoms with E-state index in [9.17, 15) is 0 Å². The summed E-state index contributed by atoms with van der Waals surface area (Å²) in [5, 5.41) is 15.2. The van der Waals surface area contributed by atoms with Crippen molar-refractivity contribution in [2.75, 3.05) is 9.80 Å². The number of nitrogens with zero attached hydrogens (tertiary/aromatic N) is 2. The molecule has 14 aromatic rings. The van der Waals surface area contributed by atoms with Gasteiger partial charge in [0.25, 0.3) is 0 Å². The molecule has 0 atom stereocenters. The zero-order valence-electron chi connectivity index (χ0n) is 47.7. The summed E-state index contributed by atoms with van der Waals surface area (Å²) in [5.41, 5.74) is 15.7. The molecule has 0 unspecified atom stereocenters. The lowest BCUT2D eigenvalue weighted by molar-refractivity contribution is 0.442. The van der Waals surface area contributed by atoms with Gasteiger partial charge >= 0.3 is 0 Å². The van der Waals surface area contributed by atoms with E-state index in [0.29, 0.717) is 11.8 Å². The van der Waals surface area contributed by atoms with Crippen LogP contribution >= 0.6 is 0 Å². The molecular formula is C80H64N2O2Si. The van der Waals surface area contributed by atoms with Crippen LogP contribution in [0.2, 0.25) is 0 Å². The number of hydrogen-bond donors (Lipinski definition) is 0. The zero-order chi connectivity index (χ0) is 56.0. The fraction of sp³-hybridized carbons (Fsp3) is 0.150. The molecule has 0 spiro atoms. The Kier molecular flexibility index (Phi) is 12.0. The first-order valence-electron chi connectivity index (χ1n) is 31.0. The smallest absolute Gasteiger partial charge is 0.181 e. The summed E-state index contributed by atoms with van der Waals surface area (Å²) < 4.78 is 14.6. The quantitative estimate of drug-likeness (QED) is 0.101. The fourth-order valence-corrected chi connectivity index (χ4v) is 21.4. The molecule has 0 amide bonds. The molecule has 85 heavy (non-hydrogen) atoms. The third-order valence-corrected chi connectivity index (χ3v) is 24.5. The number of hydrogen-bond acceptors (Lipinski definition) is 4. The van der Waals surface area contributed by atoms with Crippen molar-refractivity contribution >= 4 is 128 Å². The van der Waals surface area contributed by atoms with E-state index < -0.39 is 8.07 Å². The van der Waals surface area contributed by atoms with E-state index in [1.807, 2.05) is 0 Å². The highest BCUT2D eigenvalue weighted by Gasteiger charge is 2.51. The van der Waals surface area contributed by atoms with Crippen molar-refractivity contribution < 1.29 is 8.83 Å². The van der Waals surface area contributed by atoms with Crippen molar-refractivity contribution in [1.29, 1.82) is 0 Å². The maximum atomic E-state index is 7.31. The highest BCUT2D eigenvalue weighted by atomic mass is 28.3. The van der Waals surface area contributed by atoms with Gasteiger partial charge in [-0.1, -0.05) is 233 Å². The van der Waals surface area contributed by atoms with Crippen molar-refractivity contribution in [3.63, 3.8) is 0 Å². The van der Waals surface area contributed by atoms with E-state index in [1.54, 1.807) is 0 Å². The molecular weight excluding hydrogens is 1050 g/mol. The number of para-hydroxylation sites is 6. The van der Waals surface area contributed by atoms with Crippen LogP contribution in [0.5, 0.6) is 0 Å². The molecule has 17 rings (SSSR count). The van der Waals surface area contributed by atoms with Gasteiger partial charge in [-0.25, -0.2) is 0 Å². The van der Waals surface area contributed by atoms with E-state index in [0.717, 1.165) is 67.2 Å². The average molecular weight is 1110 g/mol. The molecule has 2 aliphatic carbocycles. The molecule has 5 heteroatoms. The van der Waals surface area contributed by atoms with Crippen LogP contribution in [0.15, 0.2) is 264 Å². The molecule has 0 saturated heterocycles. The van der Waals surface area contributed by atoms with Gasteiger partial charge in [0.05, 0.1) is 11.4 Å². The summed E-state index contributed by atoms with van der Waals surface area (Å²) in [6.07, 6.45) is 12.6. The summed E-state index contributed by atoms with van der Waals surface area (Å²) in [4.78, 5) is 4.90. The van der Waals surface area contributed by atoms with Gasteiger partial charge in [0, 0.05) is 44.3 Å². The predicted octanol–water partition coefficient (Wildman–Crippen LogP) is 20.2. The van der Waals surface area contributed by atoms with Crippen LogP contribution in [0, 0.1) is 0 Å². The second-order valence-corrected chi connectivity index (χ2v) is 27.9. The molecule has 1 aliphatic heterocycles. The standard InChI is InChI=1S/C80H64N2O2Si/c1-7-25-53(26-8-1)61-39-21-41-65-67-43-23-45-72(78(67)83-76(61)65)81(55-29-11-3-12-30-55)57-47-49-69-71(51-57)63-37-19-20-38-64(63)75-70-50-48-58(52-74(70)85(80(69)75,59-33-15-5-16-34-59)60-35-17-6-18-36-60)82(56-31-13-4-14-32-56)73-46-24-44-68-66-42-22-40-62(77(66)84-79(68)73)54-27-9-2-10-28-54/h3-6,11-24,29-54H,1-2,7-10,25-28H2. The molecule has 4 nitrogen and oxygen atoms in total. The second-order valence-electron chi connectivity index (χ2n) is 24.2. The first-order chi connectivity index (χ1) is 42.2. The van der Waals surface area contributed by atoms with Gasteiger partial charge in [0.15, 0.2) is 19.2 Å². The fourth-order valence-electron chi connectivity index (χ4n) is 15.9. The van der Waals surface area contributed by atoms with E-state index in [2.05, 4.69) is 265 Å². The number of furan rings is 2. The minimum atomic E-state index is -3.22. The Bertz CT molecular complexity index is 4820. The van der Waals surface area contributed by atoms with Crippen LogP contribution < -0.4 is 30.5 Å². The van der Waals surface area contributed by atoms with Gasteiger partial charge in [0.2, 0.25) is 0 Å². The predicted molar refractivity (Wildman–Crippen MR) is 360 cm³/mol. The molecule has 0 radical (unpaired) electrons. The van der Waals surface area contributed by atoms with Crippen molar-refractivity contribution in [1.82, 2.24) is 0 Å². The van der Waals surface area contributed by atoms with Crippen LogP contribution in [-0.4, -0.2) is 8.07 Å². The Balaban J connectivity index is 0.908. The Morgan fingerprint density at radius 2 is 0.729 bits per heavy atom. The zero-order valence-corrected chi connectivity index (χ0v) is 48.7. The van der Waals surface area contributed by atoms with Gasteiger partial charge in [-0.2, -0.15) is 0 Å². The van der Waals surface area contributed by atoms with Gasteiger partial charge in [0.1, 0.15) is 11.2 Å². The lowest BCUT2D eigenvalue weighted by Gasteiger charge is -2.34. The monoisotopic (exact) mass is 1110 g/mol. The SMILES string of the molecule is c1ccc(N(c2ccc3c(c2)[Si](c2ccccc2)(c2ccccc2)c2c-3c3ccccc3c3cc(N(c4ccccc4)c4cccc5c4oc4c(C6CCCCC6)cccc45)ccc23)c2cccc3c2oc2c(C4CCCCC4)cccc23)cc1. The molecule has 410 valence electrons. The van der Waals surface area contributed by atoms with Crippen molar-refractivity contribution in [3.8, 4) is 11.1 Å². The summed E-state index contributed by atoms with van der Waals surface area (Å²) in [6, 6.07) is 95.9. The number of benzene rings is 12. The minimum absolute atomic E-state index is 0.512. The number of anilines is 6. The van der Waals surface area contributed by atoms with E-state index in [-0.39, 0.29) is 0 Å². The first-order valence-corrected chi connectivity index (χ1v) is 33.0. The van der Waals surface area contributed by atoms with E-state index >= 15 is 0 Å². The molecule has 2 aromatic heterocycles. The van der Waals surface area contributed by atoms with Crippen molar-refractivity contribution in [2.45, 2.75) is 76.0 Å². The third kappa shape index (κ3) is 7.86. The Hall–Kier alpha value is -9.42. The normalized spacial score (nSPS) is 15.3. The van der Waals surface area contributed by atoms with Crippen LogP contribution in [0.1, 0.15) is 87.2 Å². The van der Waals surface area contributed by atoms with Gasteiger partial charge in [-0.05, 0) is 163 Å². The summed E-state index contributed by atoms with van der Waals surface area (Å²) in [5.74, 6) is 1.03. The van der Waals surface area contributed by atoms with Crippen LogP contribution in [0.25, 0.3) is 76.5 Å². The van der Waals surface area contributed by atoms with Gasteiger partial charge < -0.3 is 18.6 Å². The first kappa shape index (κ1) is 50.1. The van der Waals surface area contributed by atoms with Crippen LogP contribution in [-0.2, 0) is 0 Å². The van der Waals surface area contributed by atoms with Crippen molar-refractivity contribution in [2.24, 2.45) is 0 Å². The van der Waals surface area contributed by atoms with Crippen LogP contribution in [0.4, 0.5) is 34.1 Å². The maximum absolute atomic E-state index is 7.31. The van der Waals surface area contributed by atoms with Crippen molar-refractivity contribution in [3.05, 3.63) is 266 Å². The summed E-state index contributed by atoms with van der Waals surface area (Å²) in [6.45, 7) is 0. The molecule has 12 aromatic carbocycles. The topological polar surface area (TPSA) is 32.8 Å². The minimum Gasteiger partial charge on any atom is -0.454 e. The van der Waals surface area contributed by atoms with Gasteiger partial charge in [-0.3, -0.25) is 0 Å². The summed E-state index contributed by atoms with van der Waals surface area (Å²) >= 11 is 0. The number of fused-ring (bicyclic) bond motifs is 14. The maximum Gasteiger partial charge on any atom is 0.181 e.